The highest BCUT2D eigenvalue weighted by Crippen LogP contribution is 2.17. The van der Waals surface area contributed by atoms with Gasteiger partial charge in [-0.15, -0.1) is 0 Å². The summed E-state index contributed by atoms with van der Waals surface area (Å²) >= 11 is 0. The zero-order valence-corrected chi connectivity index (χ0v) is 21.2. The molecule has 0 aromatic rings. The SMILES string of the molecule is C.C.C.C.C.C.C1CCC1.C1CCCC1.C1CCCCC1.C1CCCCCC1.C1CCCCCCC1. The summed E-state index contributed by atoms with van der Waals surface area (Å²) in [7, 11) is 0. The molecule has 0 atom stereocenters. The van der Waals surface area contributed by atoms with Gasteiger partial charge in [-0.25, -0.2) is 0 Å². The maximum atomic E-state index is 1.50. The van der Waals surface area contributed by atoms with Gasteiger partial charge in [0.2, 0.25) is 0 Å². The van der Waals surface area contributed by atoms with Gasteiger partial charge < -0.3 is 0 Å². The van der Waals surface area contributed by atoms with E-state index in [1.807, 2.05) is 0 Å². The predicted molar refractivity (Wildman–Crippen MR) is 179 cm³/mol. The van der Waals surface area contributed by atoms with Crippen molar-refractivity contribution < 1.29 is 0 Å². The fourth-order valence-corrected chi connectivity index (χ4v) is 4.85. The van der Waals surface area contributed by atoms with Gasteiger partial charge in [-0.3, -0.25) is 0 Å². The highest BCUT2D eigenvalue weighted by atomic mass is 14.0. The lowest BCUT2D eigenvalue weighted by Crippen LogP contribution is -1.85. The first kappa shape index (κ1) is 49.0. The summed E-state index contributed by atoms with van der Waals surface area (Å²) in [4.78, 5) is 0. The molecule has 0 unspecified atom stereocenters. The minimum absolute atomic E-state index is 0. The van der Waals surface area contributed by atoms with Crippen molar-refractivity contribution in [1.29, 1.82) is 0 Å². The molecule has 5 fully saturated rings. The standard InChI is InChI=1S/C8H16.C7H14.C6H12.C5H10.C4H8.6CH4/c1-2-4-6-8-7-5-3-1;1-2-4-6-7-5-3-1;1-2-4-6-5-3-1;1-2-4-5-3-1;1-2-4-3-1;;;;;;/h1-8H2;1-7H2;1-6H2;1-5H2;1-4H2;6*1H4. The molecule has 5 saturated carbocycles. The molecule has 0 heteroatoms. The third-order valence-electron chi connectivity index (χ3n) is 7.50. The molecule has 0 spiro atoms. The van der Waals surface area contributed by atoms with Gasteiger partial charge >= 0.3 is 0 Å². The summed E-state index contributed by atoms with van der Waals surface area (Å²) in [6.45, 7) is 0. The summed E-state index contributed by atoms with van der Waals surface area (Å²) in [5.74, 6) is 0. The molecule has 0 radical (unpaired) electrons. The third kappa shape index (κ3) is 41.1. The molecular weight excluding hydrogens is 432 g/mol. The van der Waals surface area contributed by atoms with Crippen LogP contribution in [-0.2, 0) is 0 Å². The van der Waals surface area contributed by atoms with Gasteiger partial charge in [-0.2, -0.15) is 0 Å². The minimum Gasteiger partial charge on any atom is -0.0776 e. The quantitative estimate of drug-likeness (QED) is 0.281. The van der Waals surface area contributed by atoms with E-state index in [1.165, 1.54) is 193 Å². The molecule has 5 aliphatic rings. The molecule has 0 nitrogen and oxygen atoms in total. The van der Waals surface area contributed by atoms with Crippen molar-refractivity contribution in [2.24, 2.45) is 0 Å². The third-order valence-corrected chi connectivity index (χ3v) is 7.50. The Hall–Kier alpha value is 0. The first-order chi connectivity index (χ1) is 15.0. The van der Waals surface area contributed by atoms with Gasteiger partial charge in [0, 0.05) is 0 Å². The molecular formula is C36H84. The largest absolute Gasteiger partial charge is 0.0776 e. The van der Waals surface area contributed by atoms with E-state index in [9.17, 15) is 0 Å². The van der Waals surface area contributed by atoms with Gasteiger partial charge in [0.15, 0.2) is 0 Å². The molecule has 0 heterocycles. The van der Waals surface area contributed by atoms with Gasteiger partial charge in [0.25, 0.3) is 0 Å². The Morgan fingerprint density at radius 1 is 0.0833 bits per heavy atom. The van der Waals surface area contributed by atoms with Crippen LogP contribution in [0.15, 0.2) is 0 Å². The summed E-state index contributed by atoms with van der Waals surface area (Å²) in [6.07, 6.45) is 45.0. The van der Waals surface area contributed by atoms with E-state index in [1.54, 1.807) is 0 Å². The summed E-state index contributed by atoms with van der Waals surface area (Å²) < 4.78 is 0. The number of rotatable bonds is 0. The molecule has 5 aliphatic carbocycles. The molecule has 0 N–H and O–H groups in total. The Balaban J connectivity index is -0.0000000760. The average molecular weight is 517 g/mol. The second-order valence-electron chi connectivity index (χ2n) is 10.6. The molecule has 0 aromatic carbocycles. The van der Waals surface area contributed by atoms with E-state index in [-0.39, 0.29) is 44.6 Å². The maximum absolute atomic E-state index is 1.50. The second-order valence-corrected chi connectivity index (χ2v) is 10.6. The van der Waals surface area contributed by atoms with Crippen molar-refractivity contribution >= 4 is 0 Å². The Labute approximate surface area is 237 Å². The lowest BCUT2D eigenvalue weighted by atomic mass is 10.0. The van der Waals surface area contributed by atoms with E-state index in [2.05, 4.69) is 0 Å². The van der Waals surface area contributed by atoms with Crippen LogP contribution in [0.1, 0.15) is 237 Å². The van der Waals surface area contributed by atoms with Crippen LogP contribution in [0.3, 0.4) is 0 Å². The Bertz CT molecular complexity index is 216. The Morgan fingerprint density at radius 2 is 0.111 bits per heavy atom. The van der Waals surface area contributed by atoms with E-state index in [0.29, 0.717) is 0 Å². The highest BCUT2D eigenvalue weighted by molar-refractivity contribution is 4.53. The van der Waals surface area contributed by atoms with Crippen LogP contribution in [0, 0.1) is 0 Å². The topological polar surface area (TPSA) is 0 Å². The second kappa shape index (κ2) is 45.0. The van der Waals surface area contributed by atoms with Gasteiger partial charge in [0.1, 0.15) is 0 Å². The average Bonchev–Trinajstić information content (AvgIpc) is 3.17. The molecule has 228 valence electrons. The maximum Gasteiger partial charge on any atom is -0.0533 e. The van der Waals surface area contributed by atoms with Crippen molar-refractivity contribution in [3.8, 4) is 0 Å². The minimum atomic E-state index is 0. The molecule has 0 amide bonds. The van der Waals surface area contributed by atoms with Gasteiger partial charge in [-0.1, -0.05) is 237 Å². The molecule has 0 bridgehead atoms. The van der Waals surface area contributed by atoms with Crippen molar-refractivity contribution in [2.45, 2.75) is 237 Å². The number of hydrogen-bond donors (Lipinski definition) is 0. The molecule has 0 saturated heterocycles. The smallest absolute Gasteiger partial charge is 0.0533 e. The molecule has 5 rings (SSSR count). The Kier molecular flexibility index (Phi) is 61.2. The summed E-state index contributed by atoms with van der Waals surface area (Å²) in [5, 5.41) is 0. The van der Waals surface area contributed by atoms with Crippen molar-refractivity contribution in [3.63, 3.8) is 0 Å². The van der Waals surface area contributed by atoms with Crippen LogP contribution in [0.25, 0.3) is 0 Å². The van der Waals surface area contributed by atoms with Crippen LogP contribution in [0.5, 0.6) is 0 Å². The van der Waals surface area contributed by atoms with Crippen LogP contribution in [-0.4, -0.2) is 0 Å². The molecule has 36 heavy (non-hydrogen) atoms. The monoisotopic (exact) mass is 517 g/mol. The first-order valence-electron chi connectivity index (χ1n) is 15.0. The van der Waals surface area contributed by atoms with Gasteiger partial charge in [0.05, 0.1) is 0 Å². The lowest BCUT2D eigenvalue weighted by Gasteiger charge is -2.05. The van der Waals surface area contributed by atoms with Crippen LogP contribution >= 0.6 is 0 Å². The van der Waals surface area contributed by atoms with Crippen LogP contribution in [0.4, 0.5) is 0 Å². The molecule has 0 aliphatic heterocycles. The van der Waals surface area contributed by atoms with Crippen molar-refractivity contribution in [1.82, 2.24) is 0 Å². The van der Waals surface area contributed by atoms with Crippen molar-refractivity contribution in [2.75, 3.05) is 0 Å². The van der Waals surface area contributed by atoms with Gasteiger partial charge in [-0.05, 0) is 0 Å². The number of hydrogen-bond acceptors (Lipinski definition) is 0. The first-order valence-corrected chi connectivity index (χ1v) is 15.0. The Morgan fingerprint density at radius 3 is 0.139 bits per heavy atom. The van der Waals surface area contributed by atoms with E-state index < -0.39 is 0 Å². The van der Waals surface area contributed by atoms with Crippen LogP contribution in [0.2, 0.25) is 0 Å². The van der Waals surface area contributed by atoms with E-state index in [0.717, 1.165) is 0 Å². The fraction of sp³-hybridized carbons (Fsp3) is 1.00. The normalized spacial score (nSPS) is 20.0. The molecule has 0 aromatic heterocycles. The highest BCUT2D eigenvalue weighted by Gasteiger charge is 1.97. The zero-order valence-electron chi connectivity index (χ0n) is 21.2. The summed E-state index contributed by atoms with van der Waals surface area (Å²) in [5.41, 5.74) is 0. The van der Waals surface area contributed by atoms with E-state index in [4.69, 9.17) is 0 Å². The van der Waals surface area contributed by atoms with Crippen LogP contribution < -0.4 is 0 Å². The van der Waals surface area contributed by atoms with Crippen molar-refractivity contribution in [3.05, 3.63) is 0 Å². The fourth-order valence-electron chi connectivity index (χ4n) is 4.85. The van der Waals surface area contributed by atoms with E-state index >= 15 is 0 Å². The predicted octanol–water partition coefficient (Wildman–Crippen LogP) is 15.5. The summed E-state index contributed by atoms with van der Waals surface area (Å²) in [6, 6.07) is 0. The zero-order chi connectivity index (χ0) is 21.2. The lowest BCUT2D eigenvalue weighted by molar-refractivity contribution is 0.504.